The van der Waals surface area contributed by atoms with Crippen molar-refractivity contribution in [3.05, 3.63) is 0 Å². The number of rotatable bonds is 29. The first kappa shape index (κ1) is 38.5. The van der Waals surface area contributed by atoms with Gasteiger partial charge in [0.25, 0.3) is 0 Å². The molecule has 0 aromatic carbocycles. The van der Waals surface area contributed by atoms with Gasteiger partial charge in [-0.1, -0.05) is 96.3 Å². The first-order valence-electron chi connectivity index (χ1n) is 16.0. The van der Waals surface area contributed by atoms with Crippen LogP contribution in [0.4, 0.5) is 0 Å². The smallest absolute Gasteiger partial charge is 0.311 e. The van der Waals surface area contributed by atoms with Crippen LogP contribution < -0.4 is 0 Å². The third-order valence-electron chi connectivity index (χ3n) is 7.19. The van der Waals surface area contributed by atoms with Crippen LogP contribution in [-0.4, -0.2) is 59.4 Å². The zero-order chi connectivity index (χ0) is 28.6. The highest BCUT2D eigenvalue weighted by atomic mass is 28.5. The highest BCUT2D eigenvalue weighted by molar-refractivity contribution is 6.87. The van der Waals surface area contributed by atoms with Crippen molar-refractivity contribution < 1.29 is 22.4 Å². The molecule has 0 heterocycles. The van der Waals surface area contributed by atoms with E-state index < -0.39 is 25.2 Å². The van der Waals surface area contributed by atoms with Gasteiger partial charge in [-0.2, -0.15) is 0 Å². The van der Waals surface area contributed by atoms with Crippen LogP contribution >= 0.6 is 0 Å². The Morgan fingerprint density at radius 3 is 1.11 bits per heavy atom. The van der Waals surface area contributed by atoms with E-state index in [1.165, 1.54) is 115 Å². The lowest BCUT2D eigenvalue weighted by Crippen LogP contribution is -2.52. The van der Waals surface area contributed by atoms with Crippen molar-refractivity contribution in [2.45, 2.75) is 161 Å². The lowest BCUT2D eigenvalue weighted by Gasteiger charge is -2.39. The minimum absolute atomic E-state index is 0.423. The summed E-state index contributed by atoms with van der Waals surface area (Å²) in [6, 6.07) is 2.53. The van der Waals surface area contributed by atoms with E-state index in [0.29, 0.717) is 6.79 Å². The molecule has 0 spiro atoms. The lowest BCUT2D eigenvalue weighted by atomic mass is 10.1. The summed E-state index contributed by atoms with van der Waals surface area (Å²) >= 11 is 0. The second kappa shape index (κ2) is 24.1. The summed E-state index contributed by atoms with van der Waals surface area (Å²) in [6.07, 6.45) is 22.6. The van der Waals surface area contributed by atoms with E-state index >= 15 is 0 Å². The van der Waals surface area contributed by atoms with Gasteiger partial charge in [0.15, 0.2) is 16.6 Å². The van der Waals surface area contributed by atoms with Crippen molar-refractivity contribution in [1.29, 1.82) is 0 Å². The largest absolute Gasteiger partial charge is 0.437 e. The van der Waals surface area contributed by atoms with Crippen LogP contribution in [0.25, 0.3) is 0 Å². The Morgan fingerprint density at radius 2 is 0.737 bits per heavy atom. The molecule has 0 aliphatic rings. The number of ether oxygens (including phenoxy) is 3. The lowest BCUT2D eigenvalue weighted by molar-refractivity contribution is -0.0315. The molecular weight excluding hydrogens is 525 g/mol. The molecule has 0 unspecified atom stereocenters. The number of unbranched alkanes of at least 4 members (excludes halogenated alkanes) is 15. The number of hydrogen-bond acceptors (Lipinski definition) is 5. The third-order valence-corrected chi connectivity index (χ3v) is 18.7. The van der Waals surface area contributed by atoms with Gasteiger partial charge in [0.2, 0.25) is 0 Å². The average Bonchev–Trinajstić information content (AvgIpc) is 2.81. The zero-order valence-electron chi connectivity index (χ0n) is 27.1. The second-order valence-corrected chi connectivity index (χ2v) is 25.4. The predicted octanol–water partition coefficient (Wildman–Crippen LogP) is 10.0. The Hall–Kier alpha value is 0.451. The van der Waals surface area contributed by atoms with Crippen LogP contribution in [0.2, 0.25) is 51.4 Å². The SMILES string of the molecule is COCCCCCCCCCCC[Si](C)(C)O[Si](C)(C)O[Si](C)(C)CCCCCCCCCCOCOC. The first-order chi connectivity index (χ1) is 18.0. The zero-order valence-corrected chi connectivity index (χ0v) is 30.1. The van der Waals surface area contributed by atoms with Gasteiger partial charge in [-0.3, -0.25) is 0 Å². The standard InChI is InChI=1S/C30H68O5Si3/c1-31-26-22-18-14-10-9-12-16-20-24-28-36(3,4)34-38(7,8)35-37(5,6)29-25-21-17-13-11-15-19-23-27-33-30-32-2/h9-30H2,1-8H3. The molecule has 0 bridgehead atoms. The molecule has 0 aromatic heterocycles. The van der Waals surface area contributed by atoms with Crippen molar-refractivity contribution in [2.24, 2.45) is 0 Å². The molecule has 8 heteroatoms. The van der Waals surface area contributed by atoms with Gasteiger partial charge in [-0.25, -0.2) is 0 Å². The van der Waals surface area contributed by atoms with E-state index in [2.05, 4.69) is 39.3 Å². The van der Waals surface area contributed by atoms with E-state index in [9.17, 15) is 0 Å². The van der Waals surface area contributed by atoms with Crippen LogP contribution in [0.1, 0.15) is 109 Å². The Morgan fingerprint density at radius 1 is 0.395 bits per heavy atom. The van der Waals surface area contributed by atoms with E-state index in [0.717, 1.165) is 19.6 Å². The first-order valence-corrected chi connectivity index (χ1v) is 25.0. The van der Waals surface area contributed by atoms with E-state index in [1.807, 2.05) is 0 Å². The van der Waals surface area contributed by atoms with Gasteiger partial charge in [-0.05, 0) is 64.2 Å². The predicted molar refractivity (Wildman–Crippen MR) is 172 cm³/mol. The molecule has 0 saturated heterocycles. The molecule has 0 N–H and O–H groups in total. The van der Waals surface area contributed by atoms with E-state index in [4.69, 9.17) is 22.4 Å². The highest BCUT2D eigenvalue weighted by Crippen LogP contribution is 2.27. The summed E-state index contributed by atoms with van der Waals surface area (Å²) in [4.78, 5) is 0. The Balaban J connectivity index is 3.89. The topological polar surface area (TPSA) is 46.2 Å². The summed E-state index contributed by atoms with van der Waals surface area (Å²) in [5.41, 5.74) is 0. The summed E-state index contributed by atoms with van der Waals surface area (Å²) in [6.45, 7) is 16.4. The quantitative estimate of drug-likeness (QED) is 0.0491. The summed E-state index contributed by atoms with van der Waals surface area (Å²) in [5.74, 6) is 0. The van der Waals surface area contributed by atoms with Gasteiger partial charge in [0, 0.05) is 27.4 Å². The molecule has 0 aromatic rings. The summed E-state index contributed by atoms with van der Waals surface area (Å²) < 4.78 is 29.0. The van der Waals surface area contributed by atoms with Crippen LogP contribution in [0.5, 0.6) is 0 Å². The minimum Gasteiger partial charge on any atom is -0.437 e. The van der Waals surface area contributed by atoms with Gasteiger partial charge >= 0.3 is 8.56 Å². The molecule has 0 saturated carbocycles. The Labute approximate surface area is 242 Å². The molecule has 0 atom stereocenters. The van der Waals surface area contributed by atoms with Gasteiger partial charge in [0.05, 0.1) is 0 Å². The van der Waals surface area contributed by atoms with Gasteiger partial charge in [0.1, 0.15) is 6.79 Å². The Kier molecular flexibility index (Phi) is 24.4. The fourth-order valence-electron chi connectivity index (χ4n) is 5.45. The fraction of sp³-hybridized carbons (Fsp3) is 1.00. The van der Waals surface area contributed by atoms with Gasteiger partial charge in [-0.15, -0.1) is 0 Å². The van der Waals surface area contributed by atoms with Crippen molar-refractivity contribution in [1.82, 2.24) is 0 Å². The molecule has 5 nitrogen and oxygen atoms in total. The maximum Gasteiger partial charge on any atom is 0.311 e. The molecule has 0 fully saturated rings. The van der Waals surface area contributed by atoms with Crippen molar-refractivity contribution in [3.8, 4) is 0 Å². The summed E-state index contributed by atoms with van der Waals surface area (Å²) in [7, 11) is -1.96. The fourth-order valence-corrected chi connectivity index (χ4v) is 19.7. The minimum atomic E-state index is -2.08. The van der Waals surface area contributed by atoms with Crippen molar-refractivity contribution in [2.75, 3.05) is 34.2 Å². The third kappa shape index (κ3) is 26.7. The van der Waals surface area contributed by atoms with Gasteiger partial charge < -0.3 is 22.4 Å². The maximum absolute atomic E-state index is 6.83. The number of methoxy groups -OCH3 is 2. The average molecular weight is 593 g/mol. The van der Waals surface area contributed by atoms with E-state index in [-0.39, 0.29) is 0 Å². The van der Waals surface area contributed by atoms with Crippen LogP contribution in [0, 0.1) is 0 Å². The molecule has 0 aliphatic carbocycles. The molecule has 0 radical (unpaired) electrons. The normalized spacial score (nSPS) is 12.9. The van der Waals surface area contributed by atoms with E-state index in [1.54, 1.807) is 14.2 Å². The Bertz CT molecular complexity index is 518. The molecule has 0 aliphatic heterocycles. The van der Waals surface area contributed by atoms with Crippen molar-refractivity contribution in [3.63, 3.8) is 0 Å². The molecule has 38 heavy (non-hydrogen) atoms. The van der Waals surface area contributed by atoms with Crippen LogP contribution in [-0.2, 0) is 22.4 Å². The van der Waals surface area contributed by atoms with Crippen molar-refractivity contribution >= 4 is 25.2 Å². The van der Waals surface area contributed by atoms with Crippen LogP contribution in [0.15, 0.2) is 0 Å². The summed E-state index contributed by atoms with van der Waals surface area (Å²) in [5, 5.41) is 0. The maximum atomic E-state index is 6.83. The monoisotopic (exact) mass is 592 g/mol. The van der Waals surface area contributed by atoms with Crippen LogP contribution in [0.3, 0.4) is 0 Å². The molecular formula is C30H68O5Si3. The second-order valence-electron chi connectivity index (χ2n) is 12.9. The highest BCUT2D eigenvalue weighted by Gasteiger charge is 2.39. The molecule has 0 rings (SSSR count). The molecule has 0 amide bonds. The molecule has 230 valence electrons. The number of hydrogen-bond donors (Lipinski definition) is 0.